The van der Waals surface area contributed by atoms with Gasteiger partial charge in [0.25, 0.3) is 0 Å². The van der Waals surface area contributed by atoms with E-state index < -0.39 is 0 Å². The van der Waals surface area contributed by atoms with Crippen LogP contribution in [0.15, 0.2) is 0 Å². The van der Waals surface area contributed by atoms with Gasteiger partial charge in [-0.1, -0.05) is 39.5 Å². The highest BCUT2D eigenvalue weighted by atomic mass is 16.3. The van der Waals surface area contributed by atoms with E-state index in [0.717, 1.165) is 18.8 Å². The van der Waals surface area contributed by atoms with E-state index in [1.54, 1.807) is 6.92 Å². The molecular formula is C12H26O2. The molecule has 0 aliphatic carbocycles. The molecule has 2 atom stereocenters. The first-order valence-corrected chi connectivity index (χ1v) is 5.88. The molecule has 0 aromatic rings. The molecule has 0 aromatic heterocycles. The predicted octanol–water partition coefficient (Wildman–Crippen LogP) is 2.72. The summed E-state index contributed by atoms with van der Waals surface area (Å²) in [5.41, 5.74) is 0. The van der Waals surface area contributed by atoms with Gasteiger partial charge in [-0.3, -0.25) is 0 Å². The molecule has 2 heteroatoms. The Balaban J connectivity index is 3.19. The van der Waals surface area contributed by atoms with Crippen LogP contribution in [-0.2, 0) is 0 Å². The summed E-state index contributed by atoms with van der Waals surface area (Å²) in [4.78, 5) is 0. The molecule has 86 valence electrons. The molecule has 0 spiro atoms. The molecule has 2 N–H and O–H groups in total. The number of hydrogen-bond donors (Lipinski definition) is 2. The first kappa shape index (κ1) is 13.9. The zero-order chi connectivity index (χ0) is 11.0. The molecule has 0 aliphatic heterocycles. The maximum atomic E-state index is 9.47. The van der Waals surface area contributed by atoms with Gasteiger partial charge in [0.1, 0.15) is 0 Å². The first-order valence-electron chi connectivity index (χ1n) is 5.88. The summed E-state index contributed by atoms with van der Waals surface area (Å²) in [7, 11) is 0. The van der Waals surface area contributed by atoms with Crippen molar-refractivity contribution in [3.05, 3.63) is 0 Å². The van der Waals surface area contributed by atoms with Gasteiger partial charge in [0.2, 0.25) is 0 Å². The third kappa shape index (κ3) is 10.0. The molecule has 0 saturated heterocycles. The second-order valence-corrected chi connectivity index (χ2v) is 4.77. The van der Waals surface area contributed by atoms with E-state index in [9.17, 15) is 5.11 Å². The van der Waals surface area contributed by atoms with Gasteiger partial charge >= 0.3 is 0 Å². The second kappa shape index (κ2) is 8.25. The van der Waals surface area contributed by atoms with Crippen molar-refractivity contribution in [2.75, 3.05) is 0 Å². The van der Waals surface area contributed by atoms with Crippen LogP contribution in [0, 0.1) is 5.92 Å². The summed E-state index contributed by atoms with van der Waals surface area (Å²) in [6, 6.07) is 0. The maximum absolute atomic E-state index is 9.47. The van der Waals surface area contributed by atoms with Crippen molar-refractivity contribution in [2.24, 2.45) is 5.92 Å². The third-order valence-electron chi connectivity index (χ3n) is 2.43. The van der Waals surface area contributed by atoms with Crippen molar-refractivity contribution >= 4 is 0 Å². The molecular weight excluding hydrogens is 176 g/mol. The number of aliphatic hydroxyl groups is 2. The lowest BCUT2D eigenvalue weighted by atomic mass is 10.0. The molecule has 2 unspecified atom stereocenters. The molecule has 0 aliphatic rings. The molecule has 0 fully saturated rings. The van der Waals surface area contributed by atoms with Crippen LogP contribution in [0.25, 0.3) is 0 Å². The van der Waals surface area contributed by atoms with Gasteiger partial charge in [0.05, 0.1) is 12.2 Å². The monoisotopic (exact) mass is 202 g/mol. The minimum atomic E-state index is -0.374. The minimum Gasteiger partial charge on any atom is -0.393 e. The molecule has 0 amide bonds. The van der Waals surface area contributed by atoms with E-state index in [1.165, 1.54) is 19.3 Å². The van der Waals surface area contributed by atoms with Crippen LogP contribution in [0.4, 0.5) is 0 Å². The van der Waals surface area contributed by atoms with Crippen molar-refractivity contribution in [1.29, 1.82) is 0 Å². The maximum Gasteiger partial charge on any atom is 0.0564 e. The van der Waals surface area contributed by atoms with Gasteiger partial charge in [0.15, 0.2) is 0 Å². The Labute approximate surface area is 88.3 Å². The lowest BCUT2D eigenvalue weighted by Crippen LogP contribution is -2.14. The van der Waals surface area contributed by atoms with E-state index in [1.807, 2.05) is 0 Å². The summed E-state index contributed by atoms with van der Waals surface area (Å²) in [6.45, 7) is 6.20. The highest BCUT2D eigenvalue weighted by molar-refractivity contribution is 4.60. The normalized spacial score (nSPS) is 15.9. The smallest absolute Gasteiger partial charge is 0.0564 e. The van der Waals surface area contributed by atoms with Gasteiger partial charge in [0, 0.05) is 0 Å². The lowest BCUT2D eigenvalue weighted by molar-refractivity contribution is 0.0833. The van der Waals surface area contributed by atoms with Crippen LogP contribution >= 0.6 is 0 Å². The Bertz CT molecular complexity index is 121. The number of rotatable bonds is 8. The summed E-state index contributed by atoms with van der Waals surface area (Å²) in [5.74, 6) is 0.789. The Morgan fingerprint density at radius 2 is 1.43 bits per heavy atom. The fraction of sp³-hybridized carbons (Fsp3) is 1.00. The average molecular weight is 202 g/mol. The summed E-state index contributed by atoms with van der Waals surface area (Å²) in [5, 5.41) is 18.5. The Morgan fingerprint density at radius 1 is 0.857 bits per heavy atom. The zero-order valence-corrected chi connectivity index (χ0v) is 9.87. The average Bonchev–Trinajstić information content (AvgIpc) is 2.01. The van der Waals surface area contributed by atoms with E-state index in [4.69, 9.17) is 5.11 Å². The van der Waals surface area contributed by atoms with Crippen molar-refractivity contribution < 1.29 is 10.2 Å². The highest BCUT2D eigenvalue weighted by Gasteiger charge is 2.07. The van der Waals surface area contributed by atoms with E-state index >= 15 is 0 Å². The van der Waals surface area contributed by atoms with Gasteiger partial charge in [-0.15, -0.1) is 0 Å². The first-order chi connectivity index (χ1) is 6.52. The number of unbranched alkanes of at least 4 members (excludes halogenated alkanes) is 2. The topological polar surface area (TPSA) is 40.5 Å². The van der Waals surface area contributed by atoms with Crippen LogP contribution in [0.1, 0.15) is 59.3 Å². The largest absolute Gasteiger partial charge is 0.393 e. The minimum absolute atomic E-state index is 0.311. The van der Waals surface area contributed by atoms with Crippen LogP contribution in [-0.4, -0.2) is 22.4 Å². The van der Waals surface area contributed by atoms with Gasteiger partial charge < -0.3 is 10.2 Å². The summed E-state index contributed by atoms with van der Waals surface area (Å²) in [6.07, 6.45) is 5.50. The van der Waals surface area contributed by atoms with Crippen LogP contribution in [0.2, 0.25) is 0 Å². The summed E-state index contributed by atoms with van der Waals surface area (Å²) < 4.78 is 0. The van der Waals surface area contributed by atoms with Gasteiger partial charge in [-0.25, -0.2) is 0 Å². The van der Waals surface area contributed by atoms with Crippen LogP contribution in [0.3, 0.4) is 0 Å². The van der Waals surface area contributed by atoms with Crippen LogP contribution in [0.5, 0.6) is 0 Å². The Hall–Kier alpha value is -0.0800. The van der Waals surface area contributed by atoms with Crippen molar-refractivity contribution in [1.82, 2.24) is 0 Å². The molecule has 0 bridgehead atoms. The lowest BCUT2D eigenvalue weighted by Gasteiger charge is -2.12. The van der Waals surface area contributed by atoms with E-state index in [0.29, 0.717) is 6.42 Å². The number of hydrogen-bond acceptors (Lipinski definition) is 2. The molecule has 0 rings (SSSR count). The van der Waals surface area contributed by atoms with E-state index in [2.05, 4.69) is 13.8 Å². The molecule has 0 radical (unpaired) electrons. The number of aliphatic hydroxyl groups excluding tert-OH is 2. The third-order valence-corrected chi connectivity index (χ3v) is 2.43. The second-order valence-electron chi connectivity index (χ2n) is 4.77. The molecule has 0 saturated carbocycles. The molecule has 0 aromatic carbocycles. The standard InChI is InChI=1S/C12H26O2/c1-10(2)7-5-4-6-8-12(14)9-11(3)13/h10-14H,4-9H2,1-3H3. The fourth-order valence-electron chi connectivity index (χ4n) is 1.62. The molecule has 2 nitrogen and oxygen atoms in total. The van der Waals surface area contributed by atoms with Crippen molar-refractivity contribution in [3.8, 4) is 0 Å². The van der Waals surface area contributed by atoms with Crippen molar-refractivity contribution in [3.63, 3.8) is 0 Å². The highest BCUT2D eigenvalue weighted by Crippen LogP contribution is 2.12. The summed E-state index contributed by atoms with van der Waals surface area (Å²) >= 11 is 0. The Kier molecular flexibility index (Phi) is 8.20. The van der Waals surface area contributed by atoms with Gasteiger partial charge in [-0.2, -0.15) is 0 Å². The quantitative estimate of drug-likeness (QED) is 0.594. The Morgan fingerprint density at radius 3 is 1.93 bits per heavy atom. The zero-order valence-electron chi connectivity index (χ0n) is 9.87. The SMILES string of the molecule is CC(C)CCCCCC(O)CC(C)O. The van der Waals surface area contributed by atoms with Crippen molar-refractivity contribution in [2.45, 2.75) is 71.5 Å². The molecule has 14 heavy (non-hydrogen) atoms. The van der Waals surface area contributed by atoms with Gasteiger partial charge in [-0.05, 0) is 25.7 Å². The van der Waals surface area contributed by atoms with Crippen LogP contribution < -0.4 is 0 Å². The predicted molar refractivity (Wildman–Crippen MR) is 60.2 cm³/mol. The van der Waals surface area contributed by atoms with E-state index in [-0.39, 0.29) is 12.2 Å². The molecule has 0 heterocycles. The fourth-order valence-corrected chi connectivity index (χ4v) is 1.62.